The number of aromatic nitrogens is 2. The van der Waals surface area contributed by atoms with E-state index in [2.05, 4.69) is 14.9 Å². The lowest BCUT2D eigenvalue weighted by Crippen LogP contribution is -2.36. The molecule has 2 aliphatic heterocycles. The number of benzene rings is 1. The van der Waals surface area contributed by atoms with Gasteiger partial charge >= 0.3 is 5.97 Å². The largest absolute Gasteiger partial charge is 0.493 e. The molecule has 0 bridgehead atoms. The van der Waals surface area contributed by atoms with E-state index in [1.165, 1.54) is 4.90 Å². The average molecular weight is 430 g/mol. The molecule has 166 valence electrons. The maximum atomic E-state index is 13.0. The molecule has 0 fully saturated rings. The quantitative estimate of drug-likeness (QED) is 0.667. The summed E-state index contributed by atoms with van der Waals surface area (Å²) in [6, 6.07) is 5.59. The molecule has 1 amide bonds. The van der Waals surface area contributed by atoms with E-state index >= 15 is 0 Å². The lowest BCUT2D eigenvalue weighted by atomic mass is 9.94. The number of anilines is 1. The third kappa shape index (κ3) is 4.98. The Bertz CT molecular complexity index is 937. The van der Waals surface area contributed by atoms with Gasteiger partial charge in [0.2, 0.25) is 11.9 Å². The Labute approximate surface area is 180 Å². The molecule has 0 aliphatic carbocycles. The number of carboxylic acids is 1. The maximum absolute atomic E-state index is 13.0. The number of alkyl halides is 1. The molecular formula is C22H27FN4O4. The first-order valence-corrected chi connectivity index (χ1v) is 10.6. The van der Waals surface area contributed by atoms with Crippen LogP contribution < -0.4 is 10.1 Å². The van der Waals surface area contributed by atoms with Crippen molar-refractivity contribution in [1.29, 1.82) is 0 Å². The zero-order valence-corrected chi connectivity index (χ0v) is 17.3. The topological polar surface area (TPSA) is 96.7 Å². The first-order valence-electron chi connectivity index (χ1n) is 10.6. The van der Waals surface area contributed by atoms with E-state index in [0.29, 0.717) is 25.2 Å². The number of carbonyl (C=O) groups is 2. The molecule has 1 unspecified atom stereocenters. The number of halogens is 1. The number of ether oxygens (including phenoxy) is 1. The normalized spacial score (nSPS) is 18.0. The van der Waals surface area contributed by atoms with Crippen molar-refractivity contribution >= 4 is 17.8 Å². The summed E-state index contributed by atoms with van der Waals surface area (Å²) < 4.78 is 21.0. The summed E-state index contributed by atoms with van der Waals surface area (Å²) in [6.45, 7) is 1.92. The Morgan fingerprint density at radius 2 is 2.23 bits per heavy atom. The molecule has 8 nitrogen and oxygen atoms in total. The van der Waals surface area contributed by atoms with Crippen molar-refractivity contribution in [3.63, 3.8) is 0 Å². The molecule has 0 saturated heterocycles. The van der Waals surface area contributed by atoms with E-state index in [1.807, 2.05) is 24.4 Å². The number of hydrogen-bond donors (Lipinski definition) is 2. The number of aryl methyl sites for hydroxylation is 1. The van der Waals surface area contributed by atoms with Gasteiger partial charge in [-0.2, -0.15) is 0 Å². The van der Waals surface area contributed by atoms with Crippen molar-refractivity contribution in [1.82, 2.24) is 14.5 Å². The Morgan fingerprint density at radius 1 is 1.35 bits per heavy atom. The number of nitrogens with one attached hydrogen (secondary N) is 1. The summed E-state index contributed by atoms with van der Waals surface area (Å²) in [5.74, 6) is -0.447. The van der Waals surface area contributed by atoms with Gasteiger partial charge in [0, 0.05) is 38.8 Å². The van der Waals surface area contributed by atoms with E-state index in [9.17, 15) is 14.0 Å². The molecule has 0 radical (unpaired) electrons. The molecule has 31 heavy (non-hydrogen) atoms. The summed E-state index contributed by atoms with van der Waals surface area (Å²) in [6.07, 6.45) is 3.88. The van der Waals surface area contributed by atoms with Gasteiger partial charge in [-0.1, -0.05) is 6.07 Å². The predicted octanol–water partition coefficient (Wildman–Crippen LogP) is 2.27. The molecule has 3 heterocycles. The van der Waals surface area contributed by atoms with Crippen LogP contribution in [0.3, 0.4) is 0 Å². The fourth-order valence-electron chi connectivity index (χ4n) is 4.22. The summed E-state index contributed by atoms with van der Waals surface area (Å²) in [5.41, 5.74) is 2.74. The number of hydrogen-bond acceptors (Lipinski definition) is 5. The fourth-order valence-corrected chi connectivity index (χ4v) is 4.22. The van der Waals surface area contributed by atoms with Gasteiger partial charge in [0.25, 0.3) is 0 Å². The number of carboxylic acid groups (broad SMARTS) is 1. The maximum Gasteiger partial charge on any atom is 0.304 e. The van der Waals surface area contributed by atoms with Gasteiger partial charge in [0.15, 0.2) is 0 Å². The SMILES string of the molecule is O=C(O)CC1Cc2ccc(OCCc3cn4c(n3)NCCC4)cc2CN(CCF)C1=O. The van der Waals surface area contributed by atoms with Gasteiger partial charge < -0.3 is 24.6 Å². The lowest BCUT2D eigenvalue weighted by Gasteiger charge is -2.22. The van der Waals surface area contributed by atoms with Crippen LogP contribution in [-0.2, 0) is 35.5 Å². The Kier molecular flexibility index (Phi) is 6.39. The van der Waals surface area contributed by atoms with Crippen LogP contribution in [0.5, 0.6) is 5.75 Å². The van der Waals surface area contributed by atoms with Crippen molar-refractivity contribution < 1.29 is 23.8 Å². The monoisotopic (exact) mass is 430 g/mol. The van der Waals surface area contributed by atoms with Crippen LogP contribution in [0.4, 0.5) is 10.3 Å². The minimum atomic E-state index is -1.03. The van der Waals surface area contributed by atoms with E-state index in [0.717, 1.165) is 42.3 Å². The third-order valence-electron chi connectivity index (χ3n) is 5.75. The highest BCUT2D eigenvalue weighted by Crippen LogP contribution is 2.28. The summed E-state index contributed by atoms with van der Waals surface area (Å²) >= 11 is 0. The minimum absolute atomic E-state index is 0.0431. The highest BCUT2D eigenvalue weighted by molar-refractivity contribution is 5.84. The van der Waals surface area contributed by atoms with Crippen molar-refractivity contribution in [3.05, 3.63) is 41.2 Å². The number of nitrogens with zero attached hydrogens (tertiary/aromatic N) is 3. The van der Waals surface area contributed by atoms with Gasteiger partial charge in [0.1, 0.15) is 12.4 Å². The van der Waals surface area contributed by atoms with Crippen molar-refractivity contribution in [2.45, 2.75) is 38.8 Å². The smallest absolute Gasteiger partial charge is 0.304 e. The van der Waals surface area contributed by atoms with Gasteiger partial charge in [-0.05, 0) is 36.1 Å². The van der Waals surface area contributed by atoms with Crippen LogP contribution in [0.1, 0.15) is 29.7 Å². The first-order chi connectivity index (χ1) is 15.0. The fraction of sp³-hybridized carbons (Fsp3) is 0.500. The predicted molar refractivity (Wildman–Crippen MR) is 112 cm³/mol. The number of amides is 1. The zero-order chi connectivity index (χ0) is 21.8. The molecule has 1 aromatic heterocycles. The van der Waals surface area contributed by atoms with Crippen LogP contribution in [0.25, 0.3) is 0 Å². The van der Waals surface area contributed by atoms with Crippen molar-refractivity contribution in [2.24, 2.45) is 5.92 Å². The number of rotatable bonds is 8. The van der Waals surface area contributed by atoms with Crippen LogP contribution in [0, 0.1) is 5.92 Å². The second-order valence-electron chi connectivity index (χ2n) is 8.01. The average Bonchev–Trinajstić information content (AvgIpc) is 3.11. The first kappa shape index (κ1) is 21.1. The summed E-state index contributed by atoms with van der Waals surface area (Å²) in [4.78, 5) is 29.9. The summed E-state index contributed by atoms with van der Waals surface area (Å²) in [7, 11) is 0. The molecule has 1 aromatic carbocycles. The molecule has 1 atom stereocenters. The van der Waals surface area contributed by atoms with E-state index in [1.54, 1.807) is 0 Å². The highest BCUT2D eigenvalue weighted by atomic mass is 19.1. The third-order valence-corrected chi connectivity index (χ3v) is 5.75. The van der Waals surface area contributed by atoms with Crippen molar-refractivity contribution in [3.8, 4) is 5.75 Å². The second kappa shape index (κ2) is 9.36. The zero-order valence-electron chi connectivity index (χ0n) is 17.3. The molecule has 2 aliphatic rings. The van der Waals surface area contributed by atoms with Crippen LogP contribution in [0.15, 0.2) is 24.4 Å². The van der Waals surface area contributed by atoms with Crippen molar-refractivity contribution in [2.75, 3.05) is 31.7 Å². The van der Waals surface area contributed by atoms with E-state index < -0.39 is 18.6 Å². The molecule has 0 saturated carbocycles. The number of aliphatic carboxylic acids is 1. The van der Waals surface area contributed by atoms with Gasteiger partial charge in [0.05, 0.1) is 24.6 Å². The van der Waals surface area contributed by atoms with Gasteiger partial charge in [-0.3, -0.25) is 9.59 Å². The molecule has 0 spiro atoms. The molecular weight excluding hydrogens is 403 g/mol. The summed E-state index contributed by atoms with van der Waals surface area (Å²) in [5, 5.41) is 12.4. The standard InChI is InChI=1S/C22H27FN4O4/c23-5-8-26-13-17-11-19(3-2-15(17)10-16(21(26)30)12-20(28)29)31-9-4-18-14-27-7-1-6-24-22(27)25-18/h2-3,11,14,16H,1,4-10,12-13H2,(H,24,25)(H,28,29). The molecule has 9 heteroatoms. The van der Waals surface area contributed by atoms with Crippen LogP contribution in [-0.4, -0.2) is 57.8 Å². The second-order valence-corrected chi connectivity index (χ2v) is 8.01. The van der Waals surface area contributed by atoms with Crippen LogP contribution >= 0.6 is 0 Å². The Morgan fingerprint density at radius 3 is 3.00 bits per heavy atom. The van der Waals surface area contributed by atoms with E-state index in [-0.39, 0.29) is 25.4 Å². The van der Waals surface area contributed by atoms with E-state index in [4.69, 9.17) is 9.84 Å². The lowest BCUT2D eigenvalue weighted by molar-refractivity contribution is -0.144. The molecule has 2 aromatic rings. The number of imidazole rings is 1. The number of fused-ring (bicyclic) bond motifs is 2. The Balaban J connectivity index is 1.43. The number of carbonyl (C=O) groups excluding carboxylic acids is 1. The highest BCUT2D eigenvalue weighted by Gasteiger charge is 2.31. The van der Waals surface area contributed by atoms with Gasteiger partial charge in [-0.15, -0.1) is 0 Å². The van der Waals surface area contributed by atoms with Gasteiger partial charge in [-0.25, -0.2) is 9.37 Å². The Hall–Kier alpha value is -3.10. The van der Waals surface area contributed by atoms with Crippen LogP contribution in [0.2, 0.25) is 0 Å². The molecule has 2 N–H and O–H groups in total. The molecule has 4 rings (SSSR count). The minimum Gasteiger partial charge on any atom is -0.493 e.